The van der Waals surface area contributed by atoms with Gasteiger partial charge < -0.3 is 25.8 Å². The molecule has 45 heavy (non-hydrogen) atoms. The van der Waals surface area contributed by atoms with E-state index in [4.69, 9.17) is 22.1 Å². The van der Waals surface area contributed by atoms with E-state index in [1.54, 1.807) is 6.07 Å². The summed E-state index contributed by atoms with van der Waals surface area (Å²) in [7, 11) is 0. The first-order valence-electron chi connectivity index (χ1n) is 15.1. The zero-order valence-electron chi connectivity index (χ0n) is 25.8. The lowest BCUT2D eigenvalue weighted by Crippen LogP contribution is -2.46. The molecule has 3 atom stereocenters. The molecule has 2 aromatic carbocycles. The number of aliphatic carboxylic acids is 1. The van der Waals surface area contributed by atoms with E-state index in [2.05, 4.69) is 15.3 Å². The minimum Gasteiger partial charge on any atom is -0.480 e. The number of rotatable bonds is 7. The SMILES string of the molecule is CCC1NC(C(=O)O)CC12CCN(c1cc(O[C@H](c3ccc(Cl)cc3-c3cccc(C(C)(C)C)c3)C(F)(F)F)nc(N)n1)CC2. The van der Waals surface area contributed by atoms with Gasteiger partial charge in [-0.25, -0.2) is 0 Å². The second kappa shape index (κ2) is 12.3. The molecule has 8 nitrogen and oxygen atoms in total. The highest BCUT2D eigenvalue weighted by Gasteiger charge is 2.50. The monoisotopic (exact) mass is 645 g/mol. The van der Waals surface area contributed by atoms with Crippen LogP contribution in [0.1, 0.15) is 70.6 Å². The van der Waals surface area contributed by atoms with Crippen molar-refractivity contribution in [1.29, 1.82) is 0 Å². The number of carbonyl (C=O) groups is 1. The molecule has 12 heteroatoms. The van der Waals surface area contributed by atoms with Crippen molar-refractivity contribution in [3.8, 4) is 17.0 Å². The predicted molar refractivity (Wildman–Crippen MR) is 169 cm³/mol. The third-order valence-electron chi connectivity index (χ3n) is 9.12. The lowest BCUT2D eigenvalue weighted by molar-refractivity contribution is -0.198. The Morgan fingerprint density at radius 3 is 2.49 bits per heavy atom. The zero-order valence-corrected chi connectivity index (χ0v) is 26.5. The number of aromatic nitrogens is 2. The number of hydrogen-bond acceptors (Lipinski definition) is 7. The highest BCUT2D eigenvalue weighted by molar-refractivity contribution is 6.30. The molecule has 2 saturated heterocycles. The van der Waals surface area contributed by atoms with Gasteiger partial charge in [0, 0.05) is 35.8 Å². The minimum absolute atomic E-state index is 0.0697. The van der Waals surface area contributed by atoms with Crippen LogP contribution in [0.15, 0.2) is 48.5 Å². The topological polar surface area (TPSA) is 114 Å². The number of nitrogens with zero attached hydrogens (tertiary/aromatic N) is 3. The maximum Gasteiger partial charge on any atom is 0.429 e. The van der Waals surface area contributed by atoms with Crippen molar-refractivity contribution in [3.63, 3.8) is 0 Å². The van der Waals surface area contributed by atoms with Crippen molar-refractivity contribution < 1.29 is 27.8 Å². The maximum absolute atomic E-state index is 14.7. The number of nitrogens with one attached hydrogen (secondary N) is 1. The summed E-state index contributed by atoms with van der Waals surface area (Å²) < 4.78 is 49.9. The number of nitrogens with two attached hydrogens (primary N) is 1. The van der Waals surface area contributed by atoms with Crippen molar-refractivity contribution in [2.24, 2.45) is 5.41 Å². The third-order valence-corrected chi connectivity index (χ3v) is 9.36. The molecule has 1 spiro atoms. The van der Waals surface area contributed by atoms with Crippen LogP contribution >= 0.6 is 11.6 Å². The summed E-state index contributed by atoms with van der Waals surface area (Å²) in [5.41, 5.74) is 7.34. The van der Waals surface area contributed by atoms with E-state index >= 15 is 0 Å². The van der Waals surface area contributed by atoms with Crippen LogP contribution in [-0.4, -0.2) is 52.4 Å². The van der Waals surface area contributed by atoms with Gasteiger partial charge in [0.25, 0.3) is 0 Å². The second-order valence-electron chi connectivity index (χ2n) is 13.1. The molecular formula is C33H39ClF3N5O3. The number of carboxylic acid groups (broad SMARTS) is 1. The maximum atomic E-state index is 14.7. The van der Waals surface area contributed by atoms with Crippen molar-refractivity contribution in [2.45, 2.75) is 83.2 Å². The van der Waals surface area contributed by atoms with Gasteiger partial charge in [-0.05, 0) is 65.3 Å². The molecule has 3 aromatic rings. The molecule has 0 saturated carbocycles. The largest absolute Gasteiger partial charge is 0.480 e. The molecule has 2 aliphatic rings. The number of piperidine rings is 1. The average Bonchev–Trinajstić information content (AvgIpc) is 3.33. The van der Waals surface area contributed by atoms with Crippen LogP contribution in [0.4, 0.5) is 24.9 Å². The van der Waals surface area contributed by atoms with Crippen LogP contribution in [0.25, 0.3) is 11.1 Å². The molecule has 2 unspecified atom stereocenters. The summed E-state index contributed by atoms with van der Waals surface area (Å²) in [5, 5.41) is 13.1. The first kappa shape index (κ1) is 32.8. The van der Waals surface area contributed by atoms with Crippen molar-refractivity contribution in [2.75, 3.05) is 23.7 Å². The summed E-state index contributed by atoms with van der Waals surface area (Å²) in [5.74, 6) is -1.01. The zero-order chi connectivity index (χ0) is 32.7. The Balaban J connectivity index is 1.44. The number of carboxylic acids is 1. The van der Waals surface area contributed by atoms with E-state index in [0.29, 0.717) is 54.3 Å². The summed E-state index contributed by atoms with van der Waals surface area (Å²) in [6, 6.07) is 12.5. The molecule has 242 valence electrons. The third kappa shape index (κ3) is 6.99. The van der Waals surface area contributed by atoms with Gasteiger partial charge >= 0.3 is 12.1 Å². The molecular weight excluding hydrogens is 607 g/mol. The highest BCUT2D eigenvalue weighted by atomic mass is 35.5. The molecule has 0 amide bonds. The average molecular weight is 646 g/mol. The summed E-state index contributed by atoms with van der Waals surface area (Å²) >= 11 is 6.29. The van der Waals surface area contributed by atoms with Gasteiger partial charge in [-0.1, -0.05) is 69.6 Å². The van der Waals surface area contributed by atoms with Crippen molar-refractivity contribution in [1.82, 2.24) is 15.3 Å². The van der Waals surface area contributed by atoms with Gasteiger partial charge in [-0.3, -0.25) is 4.79 Å². The van der Waals surface area contributed by atoms with E-state index in [1.165, 1.54) is 24.3 Å². The lowest BCUT2D eigenvalue weighted by atomic mass is 9.71. The molecule has 2 fully saturated rings. The smallest absolute Gasteiger partial charge is 0.429 e. The normalized spacial score (nSPS) is 20.8. The summed E-state index contributed by atoms with van der Waals surface area (Å²) in [6.07, 6.45) is -4.42. The molecule has 2 aliphatic heterocycles. The van der Waals surface area contributed by atoms with Crippen LogP contribution in [0.5, 0.6) is 5.88 Å². The highest BCUT2D eigenvalue weighted by Crippen LogP contribution is 2.46. The van der Waals surface area contributed by atoms with Crippen LogP contribution in [-0.2, 0) is 10.2 Å². The first-order valence-corrected chi connectivity index (χ1v) is 15.5. The fourth-order valence-corrected chi connectivity index (χ4v) is 6.88. The van der Waals surface area contributed by atoms with Crippen LogP contribution in [0.2, 0.25) is 5.02 Å². The first-order chi connectivity index (χ1) is 21.1. The molecule has 0 aliphatic carbocycles. The molecule has 5 rings (SSSR count). The standard InChI is InChI=1S/C33H39ClF3N5O3/c1-5-25-32(18-24(39-25)29(43)44)11-13-42(14-12-32)26-17-27(41-30(38)40-26)45-28(33(35,36)37)22-10-9-21(34)16-23(22)19-7-6-8-20(15-19)31(2,3)4/h6-10,15-17,24-25,28,39H,5,11-14,18H2,1-4H3,(H,43,44)(H2,38,40,41)/t24?,25?,28-/m1/s1. The van der Waals surface area contributed by atoms with Gasteiger partial charge in [0.15, 0.2) is 0 Å². The second-order valence-corrected chi connectivity index (χ2v) is 13.5. The molecule has 0 radical (unpaired) electrons. The Labute approximate surface area is 266 Å². The number of anilines is 2. The summed E-state index contributed by atoms with van der Waals surface area (Å²) in [4.78, 5) is 21.9. The van der Waals surface area contributed by atoms with Crippen LogP contribution in [0, 0.1) is 5.41 Å². The van der Waals surface area contributed by atoms with E-state index in [9.17, 15) is 23.1 Å². The fourth-order valence-electron chi connectivity index (χ4n) is 6.71. The number of nitrogen functional groups attached to an aromatic ring is 1. The van der Waals surface area contributed by atoms with Crippen molar-refractivity contribution >= 4 is 29.3 Å². The number of ether oxygens (including phenoxy) is 1. The minimum atomic E-state index is -4.80. The Kier molecular flexibility index (Phi) is 8.98. The van der Waals surface area contributed by atoms with Crippen LogP contribution < -0.4 is 20.7 Å². The number of hydrogen-bond donors (Lipinski definition) is 3. The van der Waals surface area contributed by atoms with Gasteiger partial charge in [0.1, 0.15) is 11.9 Å². The Hall–Kier alpha value is -3.57. The van der Waals surface area contributed by atoms with E-state index in [0.717, 1.165) is 12.0 Å². The quantitative estimate of drug-likeness (QED) is 0.248. The predicted octanol–water partition coefficient (Wildman–Crippen LogP) is 7.17. The van der Waals surface area contributed by atoms with Crippen molar-refractivity contribution in [3.05, 3.63) is 64.7 Å². The Morgan fingerprint density at radius 1 is 1.16 bits per heavy atom. The van der Waals surface area contributed by atoms with Gasteiger partial charge in [0.05, 0.1) is 0 Å². The fraction of sp³-hybridized carbons (Fsp3) is 0.485. The number of halogens is 4. The van der Waals surface area contributed by atoms with Gasteiger partial charge in [-0.15, -0.1) is 0 Å². The number of benzene rings is 2. The molecule has 1 aromatic heterocycles. The molecule has 3 heterocycles. The lowest BCUT2D eigenvalue weighted by Gasteiger charge is -2.43. The van der Waals surface area contributed by atoms with E-state index in [-0.39, 0.29) is 34.3 Å². The Bertz CT molecular complexity index is 1550. The summed E-state index contributed by atoms with van der Waals surface area (Å²) in [6.45, 7) is 9.21. The molecule has 4 N–H and O–H groups in total. The van der Waals surface area contributed by atoms with Gasteiger partial charge in [-0.2, -0.15) is 23.1 Å². The van der Waals surface area contributed by atoms with E-state index < -0.39 is 24.3 Å². The van der Waals surface area contributed by atoms with Gasteiger partial charge in [0.2, 0.25) is 17.9 Å². The number of alkyl halides is 3. The van der Waals surface area contributed by atoms with Crippen LogP contribution in [0.3, 0.4) is 0 Å². The van der Waals surface area contributed by atoms with E-state index in [1.807, 2.05) is 50.8 Å². The molecule has 0 bridgehead atoms. The Morgan fingerprint density at radius 2 is 1.87 bits per heavy atom.